The molecule has 0 aliphatic rings. The highest BCUT2D eigenvalue weighted by molar-refractivity contribution is 5.92. The molecular weight excluding hydrogens is 327 g/mol. The van der Waals surface area contributed by atoms with Gasteiger partial charge in [-0.3, -0.25) is 4.79 Å². The number of rotatable bonds is 5. The number of carbonyl (C=O) groups excluding carboxylic acids is 2. The van der Waals surface area contributed by atoms with E-state index in [9.17, 15) is 22.8 Å². The molecule has 5 nitrogen and oxygen atoms in total. The average molecular weight is 341 g/mol. The van der Waals surface area contributed by atoms with Crippen molar-refractivity contribution < 1.29 is 31.9 Å². The lowest BCUT2D eigenvalue weighted by Gasteiger charge is -2.14. The molecule has 8 heteroatoms. The Morgan fingerprint density at radius 3 is 2.62 bits per heavy atom. The van der Waals surface area contributed by atoms with Gasteiger partial charge in [0, 0.05) is 0 Å². The molecule has 128 valence electrons. The molecule has 24 heavy (non-hydrogen) atoms. The third kappa shape index (κ3) is 4.61. The number of alkyl halides is 3. The zero-order chi connectivity index (χ0) is 17.7. The Labute approximate surface area is 135 Å². The van der Waals surface area contributed by atoms with Gasteiger partial charge < -0.3 is 14.5 Å². The first kappa shape index (κ1) is 17.6. The van der Waals surface area contributed by atoms with Crippen LogP contribution in [0.3, 0.4) is 0 Å². The van der Waals surface area contributed by atoms with Crippen molar-refractivity contribution in [3.63, 3.8) is 0 Å². The maximum absolute atomic E-state index is 12.6. The number of hydrogen-bond acceptors (Lipinski definition) is 4. The predicted octanol–water partition coefficient (Wildman–Crippen LogP) is 3.16. The maximum atomic E-state index is 12.6. The van der Waals surface area contributed by atoms with E-state index in [-0.39, 0.29) is 12.1 Å². The average Bonchev–Trinajstić information content (AvgIpc) is 3.05. The van der Waals surface area contributed by atoms with E-state index in [1.54, 1.807) is 12.1 Å². The van der Waals surface area contributed by atoms with Crippen molar-refractivity contribution in [2.24, 2.45) is 0 Å². The second-order valence-electron chi connectivity index (χ2n) is 4.92. The van der Waals surface area contributed by atoms with Crippen molar-refractivity contribution >= 4 is 11.9 Å². The van der Waals surface area contributed by atoms with E-state index in [1.807, 2.05) is 0 Å². The fourth-order valence-electron chi connectivity index (χ4n) is 1.84. The van der Waals surface area contributed by atoms with Crippen LogP contribution in [0.4, 0.5) is 13.2 Å². The molecule has 2 rings (SSSR count). The monoisotopic (exact) mass is 341 g/mol. The van der Waals surface area contributed by atoms with Gasteiger partial charge in [-0.25, -0.2) is 4.79 Å². The number of carbonyl (C=O) groups is 2. The predicted molar refractivity (Wildman–Crippen MR) is 76.9 cm³/mol. The summed E-state index contributed by atoms with van der Waals surface area (Å²) in [5.74, 6) is -1.09. The molecule has 1 N–H and O–H groups in total. The lowest BCUT2D eigenvalue weighted by atomic mass is 10.1. The molecule has 1 atom stereocenters. The Morgan fingerprint density at radius 2 is 2.00 bits per heavy atom. The number of ether oxygens (including phenoxy) is 1. The zero-order valence-corrected chi connectivity index (χ0v) is 12.6. The smallest absolute Gasteiger partial charge is 0.416 e. The quantitative estimate of drug-likeness (QED) is 0.848. The number of furan rings is 1. The van der Waals surface area contributed by atoms with Gasteiger partial charge in [0.25, 0.3) is 5.91 Å². The van der Waals surface area contributed by atoms with Gasteiger partial charge in [0.2, 0.25) is 0 Å². The van der Waals surface area contributed by atoms with Crippen molar-refractivity contribution in [3.05, 3.63) is 59.5 Å². The lowest BCUT2D eigenvalue weighted by Crippen LogP contribution is -2.35. The molecule has 0 unspecified atom stereocenters. The highest BCUT2D eigenvalue weighted by Crippen LogP contribution is 2.29. The third-order valence-electron chi connectivity index (χ3n) is 3.10. The molecule has 1 aromatic heterocycles. The minimum Gasteiger partial charge on any atom is -0.467 e. The molecule has 0 radical (unpaired) electrons. The van der Waals surface area contributed by atoms with E-state index >= 15 is 0 Å². The summed E-state index contributed by atoms with van der Waals surface area (Å²) >= 11 is 0. The molecule has 0 saturated heterocycles. The molecular formula is C16H14F3NO4. The molecule has 1 heterocycles. The van der Waals surface area contributed by atoms with Gasteiger partial charge in [0.15, 0.2) is 6.10 Å². The number of benzene rings is 1. The van der Waals surface area contributed by atoms with E-state index < -0.39 is 29.7 Å². The van der Waals surface area contributed by atoms with Gasteiger partial charge in [-0.05, 0) is 37.3 Å². The Balaban J connectivity index is 1.94. The van der Waals surface area contributed by atoms with Gasteiger partial charge in [0.1, 0.15) is 5.76 Å². The second kappa shape index (κ2) is 7.20. The first-order chi connectivity index (χ1) is 11.3. The second-order valence-corrected chi connectivity index (χ2v) is 4.92. The van der Waals surface area contributed by atoms with Crippen LogP contribution in [0, 0.1) is 0 Å². The molecule has 0 fully saturated rings. The number of amides is 1. The molecule has 1 aromatic carbocycles. The number of nitrogens with one attached hydrogen (secondary N) is 1. The first-order valence-corrected chi connectivity index (χ1v) is 6.95. The van der Waals surface area contributed by atoms with Crippen molar-refractivity contribution in [3.8, 4) is 0 Å². The van der Waals surface area contributed by atoms with Crippen LogP contribution in [0.2, 0.25) is 0 Å². The van der Waals surface area contributed by atoms with Crippen LogP contribution < -0.4 is 5.32 Å². The molecule has 0 aliphatic heterocycles. The van der Waals surface area contributed by atoms with E-state index in [4.69, 9.17) is 9.15 Å². The number of esters is 1. The Hall–Kier alpha value is -2.77. The largest absolute Gasteiger partial charge is 0.467 e. The molecule has 0 spiro atoms. The Kier molecular flexibility index (Phi) is 5.28. The minimum atomic E-state index is -4.57. The van der Waals surface area contributed by atoms with Gasteiger partial charge in [-0.2, -0.15) is 13.2 Å². The summed E-state index contributed by atoms with van der Waals surface area (Å²) in [5, 5.41) is 2.49. The van der Waals surface area contributed by atoms with Crippen LogP contribution in [0.1, 0.15) is 28.6 Å². The lowest BCUT2D eigenvalue weighted by molar-refractivity contribution is -0.137. The molecule has 0 saturated carbocycles. The van der Waals surface area contributed by atoms with E-state index in [2.05, 4.69) is 5.32 Å². The summed E-state index contributed by atoms with van der Waals surface area (Å²) in [6.45, 7) is 1.43. The normalized spacial score (nSPS) is 12.5. The van der Waals surface area contributed by atoms with E-state index in [0.29, 0.717) is 11.8 Å². The van der Waals surface area contributed by atoms with Crippen molar-refractivity contribution in [2.75, 3.05) is 0 Å². The number of halogens is 3. The van der Waals surface area contributed by atoms with E-state index in [1.165, 1.54) is 19.3 Å². The van der Waals surface area contributed by atoms with Gasteiger partial charge in [0.05, 0.1) is 23.9 Å². The van der Waals surface area contributed by atoms with Gasteiger partial charge >= 0.3 is 12.1 Å². The molecule has 2 aromatic rings. The summed E-state index contributed by atoms with van der Waals surface area (Å²) in [4.78, 5) is 23.7. The summed E-state index contributed by atoms with van der Waals surface area (Å²) in [6.07, 6.45) is -4.29. The number of hydrogen-bond donors (Lipinski definition) is 1. The van der Waals surface area contributed by atoms with Crippen LogP contribution >= 0.6 is 0 Å². The molecule has 0 bridgehead atoms. The Morgan fingerprint density at radius 1 is 1.25 bits per heavy atom. The first-order valence-electron chi connectivity index (χ1n) is 6.95. The summed E-state index contributed by atoms with van der Waals surface area (Å²) in [6, 6.07) is 7.11. The fourth-order valence-corrected chi connectivity index (χ4v) is 1.84. The third-order valence-corrected chi connectivity index (χ3v) is 3.10. The van der Waals surface area contributed by atoms with Crippen LogP contribution in [-0.2, 0) is 22.3 Å². The van der Waals surface area contributed by atoms with Crippen molar-refractivity contribution in [2.45, 2.75) is 25.7 Å². The summed E-state index contributed by atoms with van der Waals surface area (Å²) in [7, 11) is 0. The van der Waals surface area contributed by atoms with Crippen molar-refractivity contribution in [1.82, 2.24) is 5.32 Å². The minimum absolute atomic E-state index is 0.108. The van der Waals surface area contributed by atoms with Gasteiger partial charge in [-0.1, -0.05) is 6.07 Å². The summed E-state index contributed by atoms with van der Waals surface area (Å²) in [5.41, 5.74) is -1.25. The highest BCUT2D eigenvalue weighted by atomic mass is 19.4. The topological polar surface area (TPSA) is 68.5 Å². The molecule has 0 aliphatic carbocycles. The maximum Gasteiger partial charge on any atom is 0.416 e. The zero-order valence-electron chi connectivity index (χ0n) is 12.6. The van der Waals surface area contributed by atoms with Gasteiger partial charge in [-0.15, -0.1) is 0 Å². The van der Waals surface area contributed by atoms with Crippen molar-refractivity contribution in [1.29, 1.82) is 0 Å². The fraction of sp³-hybridized carbons (Fsp3) is 0.250. The van der Waals surface area contributed by atoms with Crippen LogP contribution in [0.5, 0.6) is 0 Å². The standard InChI is InChI=1S/C16H14F3NO4/c1-10(14(21)20-9-13-6-3-7-23-13)24-15(22)11-4-2-5-12(8-11)16(17,18)19/h2-8,10H,9H2,1H3,(H,20,21)/t10-/m0/s1. The highest BCUT2D eigenvalue weighted by Gasteiger charge is 2.31. The SMILES string of the molecule is C[C@H](OC(=O)c1cccc(C(F)(F)F)c1)C(=O)NCc1ccco1. The molecule has 1 amide bonds. The van der Waals surface area contributed by atoms with E-state index in [0.717, 1.165) is 12.1 Å². The Bertz CT molecular complexity index is 710. The van der Waals surface area contributed by atoms with Crippen LogP contribution in [0.15, 0.2) is 47.1 Å². The summed E-state index contributed by atoms with van der Waals surface area (Å²) < 4.78 is 47.8. The van der Waals surface area contributed by atoms with Crippen LogP contribution in [-0.4, -0.2) is 18.0 Å². The van der Waals surface area contributed by atoms with Crippen LogP contribution in [0.25, 0.3) is 0 Å².